The molecule has 2 aliphatic rings. The van der Waals surface area contributed by atoms with Crippen LogP contribution in [0.3, 0.4) is 0 Å². The van der Waals surface area contributed by atoms with Crippen molar-refractivity contribution in [2.45, 2.75) is 38.0 Å². The van der Waals surface area contributed by atoms with Crippen LogP contribution in [0.5, 0.6) is 0 Å². The van der Waals surface area contributed by atoms with Gasteiger partial charge < -0.3 is 14.4 Å². The van der Waals surface area contributed by atoms with Crippen LogP contribution in [0.4, 0.5) is 0 Å². The van der Waals surface area contributed by atoms with E-state index in [2.05, 4.69) is 4.90 Å². The summed E-state index contributed by atoms with van der Waals surface area (Å²) < 4.78 is 10.3. The lowest BCUT2D eigenvalue weighted by Crippen LogP contribution is -2.52. The summed E-state index contributed by atoms with van der Waals surface area (Å²) in [6, 6.07) is 7.43. The van der Waals surface area contributed by atoms with Gasteiger partial charge in [-0.25, -0.2) is 4.79 Å². The maximum absolute atomic E-state index is 12.9. The standard InChI is InChI=1S/C19H26N2O4/c1-24-16-7-9-20(10-8-16)13-18(22)21-12-15-6-4-3-5-14(15)11-17(21)19(23)25-2/h3-6,16-17H,7-13H2,1-2H3. The van der Waals surface area contributed by atoms with E-state index in [4.69, 9.17) is 9.47 Å². The van der Waals surface area contributed by atoms with Gasteiger partial charge in [-0.15, -0.1) is 0 Å². The molecule has 0 radical (unpaired) electrons. The van der Waals surface area contributed by atoms with E-state index in [-0.39, 0.29) is 18.0 Å². The van der Waals surface area contributed by atoms with Gasteiger partial charge in [-0.1, -0.05) is 24.3 Å². The normalized spacial score (nSPS) is 21.7. The molecule has 1 atom stereocenters. The summed E-state index contributed by atoms with van der Waals surface area (Å²) in [5.41, 5.74) is 2.22. The van der Waals surface area contributed by atoms with Crippen LogP contribution in [0.15, 0.2) is 24.3 Å². The molecule has 1 unspecified atom stereocenters. The zero-order valence-corrected chi connectivity index (χ0v) is 14.9. The number of piperidine rings is 1. The molecule has 1 aromatic rings. The Hall–Kier alpha value is -1.92. The Bertz CT molecular complexity index is 626. The second kappa shape index (κ2) is 7.97. The van der Waals surface area contributed by atoms with Gasteiger partial charge in [0.25, 0.3) is 0 Å². The van der Waals surface area contributed by atoms with Crippen LogP contribution in [-0.4, -0.2) is 67.7 Å². The van der Waals surface area contributed by atoms with Gasteiger partial charge in [-0.3, -0.25) is 9.69 Å². The summed E-state index contributed by atoms with van der Waals surface area (Å²) >= 11 is 0. The van der Waals surface area contributed by atoms with Crippen LogP contribution in [0.1, 0.15) is 24.0 Å². The lowest BCUT2D eigenvalue weighted by molar-refractivity contribution is -0.154. The number of esters is 1. The molecule has 6 nitrogen and oxygen atoms in total. The zero-order chi connectivity index (χ0) is 17.8. The first kappa shape index (κ1) is 17.9. The van der Waals surface area contributed by atoms with Gasteiger partial charge >= 0.3 is 5.97 Å². The van der Waals surface area contributed by atoms with E-state index in [1.165, 1.54) is 7.11 Å². The molecule has 1 fully saturated rings. The first-order chi connectivity index (χ1) is 12.1. The van der Waals surface area contributed by atoms with Gasteiger partial charge in [0.2, 0.25) is 5.91 Å². The molecule has 0 spiro atoms. The van der Waals surface area contributed by atoms with Crippen LogP contribution in [0.2, 0.25) is 0 Å². The van der Waals surface area contributed by atoms with Gasteiger partial charge in [0.1, 0.15) is 6.04 Å². The molecule has 1 amide bonds. The summed E-state index contributed by atoms with van der Waals surface area (Å²) in [4.78, 5) is 28.9. The number of likely N-dealkylation sites (tertiary alicyclic amines) is 1. The van der Waals surface area contributed by atoms with E-state index in [0.29, 0.717) is 19.5 Å². The largest absolute Gasteiger partial charge is 0.467 e. The molecule has 0 bridgehead atoms. The average molecular weight is 346 g/mol. The van der Waals surface area contributed by atoms with Crippen molar-refractivity contribution in [2.75, 3.05) is 33.9 Å². The lowest BCUT2D eigenvalue weighted by Gasteiger charge is -2.37. The van der Waals surface area contributed by atoms with E-state index in [9.17, 15) is 9.59 Å². The molecule has 0 N–H and O–H groups in total. The minimum absolute atomic E-state index is 0.0132. The van der Waals surface area contributed by atoms with Crippen LogP contribution < -0.4 is 0 Å². The highest BCUT2D eigenvalue weighted by Gasteiger charge is 2.36. The van der Waals surface area contributed by atoms with Gasteiger partial charge in [-0.05, 0) is 24.0 Å². The Balaban J connectivity index is 1.70. The number of carbonyl (C=O) groups is 2. The summed E-state index contributed by atoms with van der Waals surface area (Å²) in [6.45, 7) is 2.49. The zero-order valence-electron chi connectivity index (χ0n) is 14.9. The third kappa shape index (κ3) is 4.02. The molecular weight excluding hydrogens is 320 g/mol. The van der Waals surface area contributed by atoms with Gasteiger partial charge in [0, 0.05) is 33.2 Å². The number of fused-ring (bicyclic) bond motifs is 1. The molecule has 2 heterocycles. The Morgan fingerprint density at radius 1 is 1.12 bits per heavy atom. The Morgan fingerprint density at radius 2 is 1.80 bits per heavy atom. The first-order valence-corrected chi connectivity index (χ1v) is 8.81. The van der Waals surface area contributed by atoms with Crippen molar-refractivity contribution in [1.82, 2.24) is 9.80 Å². The van der Waals surface area contributed by atoms with Crippen LogP contribution in [0, 0.1) is 0 Å². The van der Waals surface area contributed by atoms with Crippen molar-refractivity contribution in [3.05, 3.63) is 35.4 Å². The summed E-state index contributed by atoms with van der Waals surface area (Å²) in [6.07, 6.45) is 2.68. The quantitative estimate of drug-likeness (QED) is 0.768. The summed E-state index contributed by atoms with van der Waals surface area (Å²) in [5.74, 6) is -0.360. The molecular formula is C19H26N2O4. The number of amides is 1. The first-order valence-electron chi connectivity index (χ1n) is 8.81. The van der Waals surface area contributed by atoms with E-state index >= 15 is 0 Å². The molecule has 0 saturated carbocycles. The van der Waals surface area contributed by atoms with Gasteiger partial charge in [0.05, 0.1) is 19.8 Å². The average Bonchev–Trinajstić information content (AvgIpc) is 2.66. The number of hydrogen-bond donors (Lipinski definition) is 0. The summed E-state index contributed by atoms with van der Waals surface area (Å²) in [7, 11) is 3.11. The fourth-order valence-corrected chi connectivity index (χ4v) is 3.72. The van der Waals surface area contributed by atoms with Crippen LogP contribution >= 0.6 is 0 Å². The predicted molar refractivity (Wildman–Crippen MR) is 93.0 cm³/mol. The third-order valence-corrected chi connectivity index (χ3v) is 5.27. The Labute approximate surface area is 148 Å². The summed E-state index contributed by atoms with van der Waals surface area (Å²) in [5, 5.41) is 0. The Morgan fingerprint density at radius 3 is 2.44 bits per heavy atom. The van der Waals surface area contributed by atoms with Crippen molar-refractivity contribution in [3.8, 4) is 0 Å². The second-order valence-electron chi connectivity index (χ2n) is 6.74. The maximum atomic E-state index is 12.9. The number of hydrogen-bond acceptors (Lipinski definition) is 5. The molecule has 1 saturated heterocycles. The highest BCUT2D eigenvalue weighted by Crippen LogP contribution is 2.24. The topological polar surface area (TPSA) is 59.1 Å². The van der Waals surface area contributed by atoms with Gasteiger partial charge in [0.15, 0.2) is 0 Å². The van der Waals surface area contributed by atoms with E-state index in [1.54, 1.807) is 12.0 Å². The van der Waals surface area contributed by atoms with Crippen molar-refractivity contribution >= 4 is 11.9 Å². The molecule has 1 aromatic carbocycles. The molecule has 0 aromatic heterocycles. The van der Waals surface area contributed by atoms with E-state index in [1.807, 2.05) is 24.3 Å². The van der Waals surface area contributed by atoms with Crippen LogP contribution in [-0.2, 0) is 32.0 Å². The predicted octanol–water partition coefficient (Wildman–Crippen LogP) is 1.22. The number of nitrogens with zero attached hydrogens (tertiary/aromatic N) is 2. The van der Waals surface area contributed by atoms with Crippen molar-refractivity contribution in [1.29, 1.82) is 0 Å². The fraction of sp³-hybridized carbons (Fsp3) is 0.579. The molecule has 136 valence electrons. The monoisotopic (exact) mass is 346 g/mol. The van der Waals surface area contributed by atoms with E-state index in [0.717, 1.165) is 37.1 Å². The van der Waals surface area contributed by atoms with Crippen molar-refractivity contribution in [2.24, 2.45) is 0 Å². The van der Waals surface area contributed by atoms with Crippen molar-refractivity contribution in [3.63, 3.8) is 0 Å². The van der Waals surface area contributed by atoms with Crippen molar-refractivity contribution < 1.29 is 19.1 Å². The lowest BCUT2D eigenvalue weighted by atomic mass is 9.94. The highest BCUT2D eigenvalue weighted by molar-refractivity contribution is 5.86. The van der Waals surface area contributed by atoms with Crippen LogP contribution in [0.25, 0.3) is 0 Å². The number of carbonyl (C=O) groups excluding carboxylic acids is 2. The minimum atomic E-state index is -0.538. The maximum Gasteiger partial charge on any atom is 0.328 e. The number of benzene rings is 1. The highest BCUT2D eigenvalue weighted by atomic mass is 16.5. The number of rotatable bonds is 4. The number of methoxy groups -OCH3 is 2. The minimum Gasteiger partial charge on any atom is -0.467 e. The smallest absolute Gasteiger partial charge is 0.328 e. The fourth-order valence-electron chi connectivity index (χ4n) is 3.72. The molecule has 2 aliphatic heterocycles. The number of ether oxygens (including phenoxy) is 2. The molecule has 3 rings (SSSR count). The second-order valence-corrected chi connectivity index (χ2v) is 6.74. The molecule has 0 aliphatic carbocycles. The molecule has 25 heavy (non-hydrogen) atoms. The third-order valence-electron chi connectivity index (χ3n) is 5.27. The SMILES string of the molecule is COC(=O)C1Cc2ccccc2CN1C(=O)CN1CCC(OC)CC1. The molecule has 6 heteroatoms. The van der Waals surface area contributed by atoms with Gasteiger partial charge in [-0.2, -0.15) is 0 Å². The Kier molecular flexibility index (Phi) is 5.71. The van der Waals surface area contributed by atoms with E-state index < -0.39 is 6.04 Å².